The summed E-state index contributed by atoms with van der Waals surface area (Å²) < 4.78 is 14.1. The van der Waals surface area contributed by atoms with Gasteiger partial charge in [-0.15, -0.1) is 0 Å². The number of nitrogens with one attached hydrogen (secondary N) is 1. The third-order valence-electron chi connectivity index (χ3n) is 3.90. The van der Waals surface area contributed by atoms with Crippen molar-refractivity contribution in [1.82, 2.24) is 15.0 Å². The minimum Gasteiger partial charge on any atom is -0.363 e. The molecule has 1 fully saturated rings. The van der Waals surface area contributed by atoms with Crippen LogP contribution in [-0.4, -0.2) is 28.0 Å². The summed E-state index contributed by atoms with van der Waals surface area (Å²) in [6.45, 7) is 4.51. The van der Waals surface area contributed by atoms with Crippen molar-refractivity contribution in [3.05, 3.63) is 41.7 Å². The molecule has 1 aliphatic rings. The van der Waals surface area contributed by atoms with E-state index in [4.69, 9.17) is 0 Å². The van der Waals surface area contributed by atoms with Crippen LogP contribution in [0.4, 0.5) is 16.0 Å². The predicted octanol–water partition coefficient (Wildman–Crippen LogP) is 2.79. The number of hydrogen-bond acceptors (Lipinski definition) is 5. The maximum absolute atomic E-state index is 14.1. The number of pyridine rings is 1. The molecule has 116 valence electrons. The first kappa shape index (κ1) is 14.7. The number of aromatic nitrogens is 3. The first-order chi connectivity index (χ1) is 10.8. The number of nitrogens with zero attached hydrogens (tertiary/aromatic N) is 4. The van der Waals surface area contributed by atoms with Crippen LogP contribution in [-0.2, 0) is 13.0 Å². The van der Waals surface area contributed by atoms with Gasteiger partial charge in [-0.2, -0.15) is 0 Å². The van der Waals surface area contributed by atoms with Crippen molar-refractivity contribution in [2.75, 3.05) is 23.3 Å². The second-order valence-electron chi connectivity index (χ2n) is 5.41. The highest BCUT2D eigenvalue weighted by atomic mass is 19.1. The van der Waals surface area contributed by atoms with E-state index >= 15 is 0 Å². The lowest BCUT2D eigenvalue weighted by atomic mass is 10.2. The summed E-state index contributed by atoms with van der Waals surface area (Å²) in [5.41, 5.74) is 1.50. The molecule has 0 radical (unpaired) electrons. The molecule has 0 aromatic carbocycles. The lowest BCUT2D eigenvalue weighted by Gasteiger charge is -2.17. The van der Waals surface area contributed by atoms with Crippen LogP contribution in [0.15, 0.2) is 24.7 Å². The zero-order valence-electron chi connectivity index (χ0n) is 12.7. The number of hydrogen-bond donors (Lipinski definition) is 1. The summed E-state index contributed by atoms with van der Waals surface area (Å²) in [6.07, 6.45) is 6.19. The van der Waals surface area contributed by atoms with Gasteiger partial charge in [0.2, 0.25) is 0 Å². The van der Waals surface area contributed by atoms with Gasteiger partial charge in [0.05, 0.1) is 5.69 Å². The molecule has 0 spiro atoms. The summed E-state index contributed by atoms with van der Waals surface area (Å²) in [7, 11) is 0. The SMILES string of the molecule is CCc1ncnc(NCc2ccnc(N3CCCC3)c2)c1F. The molecule has 0 saturated carbocycles. The number of anilines is 2. The maximum atomic E-state index is 14.1. The number of aryl methyl sites for hydroxylation is 1. The Morgan fingerprint density at radius 1 is 1.23 bits per heavy atom. The molecule has 1 N–H and O–H groups in total. The molecule has 0 amide bonds. The molecule has 1 saturated heterocycles. The molecule has 22 heavy (non-hydrogen) atoms. The van der Waals surface area contributed by atoms with Crippen LogP contribution in [0.2, 0.25) is 0 Å². The monoisotopic (exact) mass is 301 g/mol. The van der Waals surface area contributed by atoms with Crippen molar-refractivity contribution in [2.24, 2.45) is 0 Å². The van der Waals surface area contributed by atoms with Crippen LogP contribution in [0.5, 0.6) is 0 Å². The van der Waals surface area contributed by atoms with Gasteiger partial charge in [0.1, 0.15) is 12.1 Å². The van der Waals surface area contributed by atoms with Crippen molar-refractivity contribution in [2.45, 2.75) is 32.7 Å². The third kappa shape index (κ3) is 3.16. The van der Waals surface area contributed by atoms with Crippen molar-refractivity contribution in [3.63, 3.8) is 0 Å². The zero-order chi connectivity index (χ0) is 15.4. The van der Waals surface area contributed by atoms with E-state index in [9.17, 15) is 4.39 Å². The van der Waals surface area contributed by atoms with E-state index in [-0.39, 0.29) is 11.6 Å². The number of halogens is 1. The molecule has 2 aromatic heterocycles. The normalized spacial score (nSPS) is 14.4. The molecule has 1 aliphatic heterocycles. The first-order valence-corrected chi connectivity index (χ1v) is 7.71. The van der Waals surface area contributed by atoms with E-state index in [2.05, 4.69) is 31.2 Å². The van der Waals surface area contributed by atoms with Gasteiger partial charge in [-0.1, -0.05) is 6.92 Å². The van der Waals surface area contributed by atoms with Gasteiger partial charge in [0.15, 0.2) is 11.6 Å². The Labute approximate surface area is 129 Å². The van der Waals surface area contributed by atoms with E-state index in [1.807, 2.05) is 13.0 Å². The standard InChI is InChI=1S/C16H20FN5/c1-2-13-15(17)16(21-11-20-13)19-10-12-5-6-18-14(9-12)22-7-3-4-8-22/h5-6,9,11H,2-4,7-8,10H2,1H3,(H,19,20,21). The van der Waals surface area contributed by atoms with Gasteiger partial charge in [0.25, 0.3) is 0 Å². The smallest absolute Gasteiger partial charge is 0.186 e. The largest absolute Gasteiger partial charge is 0.363 e. The Hall–Kier alpha value is -2.24. The minimum atomic E-state index is -0.362. The van der Waals surface area contributed by atoms with Crippen LogP contribution in [0.25, 0.3) is 0 Å². The summed E-state index contributed by atoms with van der Waals surface area (Å²) in [4.78, 5) is 14.6. The highest BCUT2D eigenvalue weighted by molar-refractivity contribution is 5.44. The quantitative estimate of drug-likeness (QED) is 0.920. The van der Waals surface area contributed by atoms with Crippen molar-refractivity contribution in [3.8, 4) is 0 Å². The van der Waals surface area contributed by atoms with Crippen molar-refractivity contribution >= 4 is 11.6 Å². The lowest BCUT2D eigenvalue weighted by Crippen LogP contribution is -2.19. The minimum absolute atomic E-state index is 0.256. The fourth-order valence-corrected chi connectivity index (χ4v) is 2.65. The molecule has 0 aliphatic carbocycles. The van der Waals surface area contributed by atoms with Gasteiger partial charge in [-0.05, 0) is 37.0 Å². The topological polar surface area (TPSA) is 53.9 Å². The summed E-state index contributed by atoms with van der Waals surface area (Å²) >= 11 is 0. The average Bonchev–Trinajstić information content (AvgIpc) is 3.09. The third-order valence-corrected chi connectivity index (χ3v) is 3.90. The second-order valence-corrected chi connectivity index (χ2v) is 5.41. The van der Waals surface area contributed by atoms with E-state index in [1.165, 1.54) is 19.2 Å². The Morgan fingerprint density at radius 2 is 2.05 bits per heavy atom. The van der Waals surface area contributed by atoms with Crippen molar-refractivity contribution < 1.29 is 4.39 Å². The van der Waals surface area contributed by atoms with Crippen LogP contribution < -0.4 is 10.2 Å². The van der Waals surface area contributed by atoms with E-state index in [1.54, 1.807) is 6.20 Å². The molecule has 5 nitrogen and oxygen atoms in total. The molecular weight excluding hydrogens is 281 g/mol. The molecule has 0 bridgehead atoms. The van der Waals surface area contributed by atoms with Gasteiger partial charge >= 0.3 is 0 Å². The molecule has 0 atom stereocenters. The highest BCUT2D eigenvalue weighted by Crippen LogP contribution is 2.19. The summed E-state index contributed by atoms with van der Waals surface area (Å²) in [5.74, 6) is 0.888. The van der Waals surface area contributed by atoms with Crippen LogP contribution in [0.3, 0.4) is 0 Å². The van der Waals surface area contributed by atoms with Crippen LogP contribution >= 0.6 is 0 Å². The maximum Gasteiger partial charge on any atom is 0.186 e. The van der Waals surface area contributed by atoms with E-state index in [0.29, 0.717) is 18.7 Å². The van der Waals surface area contributed by atoms with Crippen LogP contribution in [0.1, 0.15) is 31.0 Å². The molecule has 0 unspecified atom stereocenters. The Kier molecular flexibility index (Phi) is 4.46. The fourth-order valence-electron chi connectivity index (χ4n) is 2.65. The Balaban J connectivity index is 1.70. The Morgan fingerprint density at radius 3 is 2.82 bits per heavy atom. The van der Waals surface area contributed by atoms with E-state index < -0.39 is 0 Å². The fraction of sp³-hybridized carbons (Fsp3) is 0.438. The zero-order valence-corrected chi connectivity index (χ0v) is 12.7. The summed E-state index contributed by atoms with van der Waals surface area (Å²) in [6, 6.07) is 3.99. The average molecular weight is 301 g/mol. The van der Waals surface area contributed by atoms with Crippen LogP contribution in [0, 0.1) is 5.82 Å². The molecule has 3 rings (SSSR count). The highest BCUT2D eigenvalue weighted by Gasteiger charge is 2.14. The Bertz CT molecular complexity index is 640. The molecule has 6 heteroatoms. The van der Waals surface area contributed by atoms with Gasteiger partial charge < -0.3 is 10.2 Å². The lowest BCUT2D eigenvalue weighted by molar-refractivity contribution is 0.596. The van der Waals surface area contributed by atoms with E-state index in [0.717, 1.165) is 24.5 Å². The van der Waals surface area contributed by atoms with Gasteiger partial charge in [0, 0.05) is 25.8 Å². The van der Waals surface area contributed by atoms with Gasteiger partial charge in [-0.3, -0.25) is 0 Å². The second kappa shape index (κ2) is 6.68. The number of rotatable bonds is 5. The predicted molar refractivity (Wildman–Crippen MR) is 84.4 cm³/mol. The summed E-state index contributed by atoms with van der Waals surface area (Å²) in [5, 5.41) is 3.05. The van der Waals surface area contributed by atoms with Crippen molar-refractivity contribution in [1.29, 1.82) is 0 Å². The molecular formula is C16H20FN5. The molecule has 3 heterocycles. The van der Waals surface area contributed by atoms with Gasteiger partial charge in [-0.25, -0.2) is 19.3 Å². The molecule has 2 aromatic rings. The first-order valence-electron chi connectivity index (χ1n) is 7.71.